The second-order valence-electron chi connectivity index (χ2n) is 6.08. The normalized spacial score (nSPS) is 11.6. The lowest BCUT2D eigenvalue weighted by Gasteiger charge is -2.15. The number of carboxylic acids is 1. The Balaban J connectivity index is 2.33. The predicted molar refractivity (Wildman–Crippen MR) is 95.0 cm³/mol. The van der Waals surface area contributed by atoms with Crippen LogP contribution in [0.15, 0.2) is 36.4 Å². The molecule has 8 heteroatoms. The van der Waals surface area contributed by atoms with E-state index in [0.717, 1.165) is 18.2 Å². The number of hydrogen-bond acceptors (Lipinski definition) is 3. The molecule has 0 atom stereocenters. The molecule has 0 aliphatic rings. The van der Waals surface area contributed by atoms with Gasteiger partial charge < -0.3 is 9.84 Å². The highest BCUT2D eigenvalue weighted by Gasteiger charge is 2.31. The molecule has 0 aliphatic heterocycles. The summed E-state index contributed by atoms with van der Waals surface area (Å²) < 4.78 is 58.6. The molecule has 0 saturated carbocycles. The minimum atomic E-state index is -4.55. The predicted octanol–water partition coefficient (Wildman–Crippen LogP) is 5.47. The number of hydrogen-bond donors (Lipinski definition) is 1. The molecule has 28 heavy (non-hydrogen) atoms. The van der Waals surface area contributed by atoms with E-state index in [9.17, 15) is 27.5 Å². The number of carbonyl (C=O) groups is 1. The number of carboxylic acid groups (broad SMARTS) is 1. The lowest BCUT2D eigenvalue weighted by atomic mass is 9.96. The van der Waals surface area contributed by atoms with Crippen LogP contribution in [-0.2, 0) is 6.18 Å². The van der Waals surface area contributed by atoms with Gasteiger partial charge in [0, 0.05) is 17.0 Å². The first-order valence-corrected chi connectivity index (χ1v) is 8.31. The number of nitrogens with zero attached hydrogens (tertiary/aromatic N) is 1. The van der Waals surface area contributed by atoms with Gasteiger partial charge in [0.15, 0.2) is 11.6 Å². The van der Waals surface area contributed by atoms with Gasteiger partial charge in [0.25, 0.3) is 0 Å². The van der Waals surface area contributed by atoms with E-state index in [2.05, 4.69) is 4.98 Å². The van der Waals surface area contributed by atoms with Gasteiger partial charge in [-0.3, -0.25) is 0 Å². The van der Waals surface area contributed by atoms with Gasteiger partial charge in [-0.05, 0) is 37.6 Å². The smallest absolute Gasteiger partial charge is 0.416 e. The summed E-state index contributed by atoms with van der Waals surface area (Å²) in [6.45, 7) is 3.27. The zero-order valence-corrected chi connectivity index (χ0v) is 14.9. The van der Waals surface area contributed by atoms with Crippen molar-refractivity contribution < 1.29 is 32.2 Å². The highest BCUT2D eigenvalue weighted by molar-refractivity contribution is 6.06. The maximum absolute atomic E-state index is 14.2. The molecule has 0 radical (unpaired) electrons. The SMILES string of the molecule is CCOc1cc2nc(-c3cccc(C(F)(F)F)c3)c(C)c(C(=O)O)c2cc1F. The summed E-state index contributed by atoms with van der Waals surface area (Å²) in [5.74, 6) is -2.19. The number of rotatable bonds is 4. The second kappa shape index (κ2) is 7.10. The number of aromatic nitrogens is 1. The lowest BCUT2D eigenvalue weighted by molar-refractivity contribution is -0.137. The average molecular weight is 393 g/mol. The van der Waals surface area contributed by atoms with Gasteiger partial charge in [-0.15, -0.1) is 0 Å². The van der Waals surface area contributed by atoms with E-state index in [1.165, 1.54) is 25.1 Å². The molecule has 1 heterocycles. The highest BCUT2D eigenvalue weighted by Crippen LogP contribution is 2.36. The molecular formula is C20H15F4NO3. The summed E-state index contributed by atoms with van der Waals surface area (Å²) in [6, 6.07) is 6.71. The summed E-state index contributed by atoms with van der Waals surface area (Å²) in [7, 11) is 0. The monoisotopic (exact) mass is 393 g/mol. The molecule has 0 aliphatic carbocycles. The van der Waals surface area contributed by atoms with Crippen molar-refractivity contribution in [3.63, 3.8) is 0 Å². The molecule has 146 valence electrons. The van der Waals surface area contributed by atoms with E-state index in [-0.39, 0.29) is 45.6 Å². The van der Waals surface area contributed by atoms with E-state index in [1.807, 2.05) is 0 Å². The Bertz CT molecular complexity index is 1080. The molecule has 4 nitrogen and oxygen atoms in total. The Morgan fingerprint density at radius 2 is 1.93 bits per heavy atom. The fourth-order valence-electron chi connectivity index (χ4n) is 3.03. The van der Waals surface area contributed by atoms with E-state index in [4.69, 9.17) is 4.74 Å². The summed E-state index contributed by atoms with van der Waals surface area (Å²) in [5.41, 5.74) is -0.663. The lowest BCUT2D eigenvalue weighted by Crippen LogP contribution is -2.07. The van der Waals surface area contributed by atoms with Crippen LogP contribution < -0.4 is 4.74 Å². The van der Waals surface area contributed by atoms with Gasteiger partial charge in [0.2, 0.25) is 0 Å². The van der Waals surface area contributed by atoms with Crippen LogP contribution in [0.4, 0.5) is 17.6 Å². The van der Waals surface area contributed by atoms with E-state index >= 15 is 0 Å². The van der Waals surface area contributed by atoms with Crippen molar-refractivity contribution in [2.75, 3.05) is 6.61 Å². The number of ether oxygens (including phenoxy) is 1. The molecule has 0 spiro atoms. The van der Waals surface area contributed by atoms with Crippen LogP contribution in [0.25, 0.3) is 22.2 Å². The first kappa shape index (κ1) is 19.6. The molecule has 1 aromatic heterocycles. The second-order valence-corrected chi connectivity index (χ2v) is 6.08. The van der Waals surface area contributed by atoms with Crippen LogP contribution in [-0.4, -0.2) is 22.7 Å². The summed E-state index contributed by atoms with van der Waals surface area (Å²) in [4.78, 5) is 16.1. The fraction of sp³-hybridized carbons (Fsp3) is 0.200. The summed E-state index contributed by atoms with van der Waals surface area (Å²) in [5, 5.41) is 9.66. The number of pyridine rings is 1. The largest absolute Gasteiger partial charge is 0.491 e. The molecule has 0 bridgehead atoms. The summed E-state index contributed by atoms with van der Waals surface area (Å²) in [6.07, 6.45) is -4.55. The van der Waals surface area contributed by atoms with Crippen molar-refractivity contribution in [1.82, 2.24) is 4.98 Å². The van der Waals surface area contributed by atoms with Gasteiger partial charge in [-0.1, -0.05) is 12.1 Å². The van der Waals surface area contributed by atoms with Crippen LogP contribution >= 0.6 is 0 Å². The van der Waals surface area contributed by atoms with Crippen molar-refractivity contribution in [3.8, 4) is 17.0 Å². The number of halogens is 4. The first-order valence-electron chi connectivity index (χ1n) is 8.31. The average Bonchev–Trinajstić information content (AvgIpc) is 2.61. The van der Waals surface area contributed by atoms with E-state index in [1.54, 1.807) is 6.92 Å². The van der Waals surface area contributed by atoms with Crippen molar-refractivity contribution in [2.24, 2.45) is 0 Å². The van der Waals surface area contributed by atoms with Crippen molar-refractivity contribution in [3.05, 3.63) is 58.9 Å². The van der Waals surface area contributed by atoms with Crippen LogP contribution in [0, 0.1) is 12.7 Å². The zero-order chi connectivity index (χ0) is 20.6. The minimum Gasteiger partial charge on any atom is -0.491 e. The fourth-order valence-corrected chi connectivity index (χ4v) is 3.03. The molecule has 0 saturated heterocycles. The van der Waals surface area contributed by atoms with Crippen LogP contribution in [0.5, 0.6) is 5.75 Å². The third-order valence-electron chi connectivity index (χ3n) is 4.26. The maximum atomic E-state index is 14.2. The Morgan fingerprint density at radius 3 is 2.54 bits per heavy atom. The Hall–Kier alpha value is -3.16. The maximum Gasteiger partial charge on any atom is 0.416 e. The van der Waals surface area contributed by atoms with Gasteiger partial charge >= 0.3 is 12.1 Å². The van der Waals surface area contributed by atoms with E-state index < -0.39 is 23.5 Å². The Morgan fingerprint density at radius 1 is 1.21 bits per heavy atom. The topological polar surface area (TPSA) is 59.4 Å². The zero-order valence-electron chi connectivity index (χ0n) is 14.9. The molecule has 0 fully saturated rings. The molecule has 3 rings (SSSR count). The van der Waals surface area contributed by atoms with Crippen LogP contribution in [0.3, 0.4) is 0 Å². The van der Waals surface area contributed by atoms with Crippen molar-refractivity contribution in [2.45, 2.75) is 20.0 Å². The van der Waals surface area contributed by atoms with Crippen molar-refractivity contribution in [1.29, 1.82) is 0 Å². The molecule has 2 aromatic carbocycles. The van der Waals surface area contributed by atoms with Gasteiger partial charge in [-0.25, -0.2) is 14.2 Å². The van der Waals surface area contributed by atoms with E-state index in [0.29, 0.717) is 0 Å². The number of benzene rings is 2. The number of alkyl halides is 3. The highest BCUT2D eigenvalue weighted by atomic mass is 19.4. The quantitative estimate of drug-likeness (QED) is 0.598. The number of aromatic carboxylic acids is 1. The standard InChI is InChI=1S/C20H15F4NO3/c1-3-28-16-9-15-13(8-14(16)21)17(19(26)27)10(2)18(25-15)11-5-4-6-12(7-11)20(22,23)24/h4-9H,3H2,1-2H3,(H,26,27). The van der Waals surface area contributed by atoms with Crippen LogP contribution in [0.2, 0.25) is 0 Å². The number of fused-ring (bicyclic) bond motifs is 1. The third-order valence-corrected chi connectivity index (χ3v) is 4.26. The van der Waals surface area contributed by atoms with Gasteiger partial charge in [0.05, 0.1) is 28.9 Å². The molecule has 1 N–H and O–H groups in total. The first-order chi connectivity index (χ1) is 13.1. The Labute approximate surface area is 157 Å². The Kier molecular flexibility index (Phi) is 4.97. The molecule has 0 unspecified atom stereocenters. The molecule has 3 aromatic rings. The van der Waals surface area contributed by atoms with Gasteiger partial charge in [0.1, 0.15) is 0 Å². The van der Waals surface area contributed by atoms with Gasteiger partial charge in [-0.2, -0.15) is 13.2 Å². The third kappa shape index (κ3) is 3.49. The molecule has 0 amide bonds. The molecular weight excluding hydrogens is 378 g/mol. The minimum absolute atomic E-state index is 0.0432. The van der Waals surface area contributed by atoms with Crippen LogP contribution in [0.1, 0.15) is 28.4 Å². The van der Waals surface area contributed by atoms with Crippen molar-refractivity contribution >= 4 is 16.9 Å². The summed E-state index contributed by atoms with van der Waals surface area (Å²) >= 11 is 0.